The number of likely N-dealkylation sites (tertiary alicyclic amines) is 1. The van der Waals surface area contributed by atoms with Crippen molar-refractivity contribution in [2.75, 3.05) is 13.1 Å². The van der Waals surface area contributed by atoms with Gasteiger partial charge in [0.1, 0.15) is 0 Å². The molecule has 1 fully saturated rings. The molecule has 2 heterocycles. The molecule has 0 saturated carbocycles. The van der Waals surface area contributed by atoms with Gasteiger partial charge in [-0.05, 0) is 51.7 Å². The number of piperidine rings is 1. The van der Waals surface area contributed by atoms with Gasteiger partial charge in [0.2, 0.25) is 0 Å². The predicted octanol–water partition coefficient (Wildman–Crippen LogP) is 1.90. The number of rotatable bonds is 2. The maximum atomic E-state index is 12.5. The summed E-state index contributed by atoms with van der Waals surface area (Å²) in [7, 11) is 0. The van der Waals surface area contributed by atoms with Crippen LogP contribution in [0.3, 0.4) is 0 Å². The Morgan fingerprint density at radius 2 is 2.21 bits per heavy atom. The third-order valence-corrected chi connectivity index (χ3v) is 3.94. The summed E-state index contributed by atoms with van der Waals surface area (Å²) >= 11 is 0. The number of carbonyl (C=O) groups is 1. The molecule has 0 radical (unpaired) electrons. The Bertz CT molecular complexity index is 470. The Balaban J connectivity index is 2.15. The standard InChI is InChI=1S/C15H23N3O/c1-10-6-7-14(12(3)17-10)15(19)18-8-4-5-13(9-18)11(2)16/h6-7,11,13H,4-5,8-9,16H2,1-3H3/t11-,13+/m0/s1. The second-order valence-corrected chi connectivity index (χ2v) is 5.60. The van der Waals surface area contributed by atoms with E-state index in [-0.39, 0.29) is 11.9 Å². The first kappa shape index (κ1) is 14.0. The summed E-state index contributed by atoms with van der Waals surface area (Å²) in [5.41, 5.74) is 8.44. The SMILES string of the molecule is Cc1ccc(C(=O)N2CCC[C@@H]([C@H](C)N)C2)c(C)n1. The number of pyridine rings is 1. The summed E-state index contributed by atoms with van der Waals surface area (Å²) in [5.74, 6) is 0.506. The highest BCUT2D eigenvalue weighted by atomic mass is 16.2. The van der Waals surface area contributed by atoms with Crippen LogP contribution in [0.15, 0.2) is 12.1 Å². The van der Waals surface area contributed by atoms with E-state index in [2.05, 4.69) is 4.98 Å². The van der Waals surface area contributed by atoms with Crippen LogP contribution >= 0.6 is 0 Å². The molecular formula is C15H23N3O. The van der Waals surface area contributed by atoms with Crippen molar-refractivity contribution in [1.29, 1.82) is 0 Å². The van der Waals surface area contributed by atoms with Crippen LogP contribution in [0, 0.1) is 19.8 Å². The van der Waals surface area contributed by atoms with Gasteiger partial charge < -0.3 is 10.6 Å². The highest BCUT2D eigenvalue weighted by Crippen LogP contribution is 2.21. The molecule has 4 heteroatoms. The van der Waals surface area contributed by atoms with Crippen molar-refractivity contribution in [3.8, 4) is 0 Å². The third-order valence-electron chi connectivity index (χ3n) is 3.94. The van der Waals surface area contributed by atoms with Gasteiger partial charge in [0.25, 0.3) is 5.91 Å². The van der Waals surface area contributed by atoms with E-state index in [4.69, 9.17) is 5.73 Å². The number of aromatic nitrogens is 1. The van der Waals surface area contributed by atoms with E-state index in [1.807, 2.05) is 37.8 Å². The lowest BCUT2D eigenvalue weighted by Gasteiger charge is -2.34. The molecule has 104 valence electrons. The zero-order valence-corrected chi connectivity index (χ0v) is 12.0. The fraction of sp³-hybridized carbons (Fsp3) is 0.600. The molecule has 1 aromatic rings. The van der Waals surface area contributed by atoms with Crippen molar-refractivity contribution in [2.45, 2.75) is 39.7 Å². The Morgan fingerprint density at radius 3 is 2.84 bits per heavy atom. The van der Waals surface area contributed by atoms with E-state index in [0.29, 0.717) is 5.92 Å². The van der Waals surface area contributed by atoms with E-state index in [1.54, 1.807) is 0 Å². The van der Waals surface area contributed by atoms with Crippen LogP contribution < -0.4 is 5.73 Å². The molecule has 0 unspecified atom stereocenters. The molecule has 1 aromatic heterocycles. The average Bonchev–Trinajstić information content (AvgIpc) is 2.38. The maximum Gasteiger partial charge on any atom is 0.255 e. The van der Waals surface area contributed by atoms with Gasteiger partial charge in [-0.15, -0.1) is 0 Å². The summed E-state index contributed by atoms with van der Waals surface area (Å²) in [6, 6.07) is 3.93. The van der Waals surface area contributed by atoms with Gasteiger partial charge in [-0.25, -0.2) is 0 Å². The fourth-order valence-corrected chi connectivity index (χ4v) is 2.71. The fourth-order valence-electron chi connectivity index (χ4n) is 2.71. The summed E-state index contributed by atoms with van der Waals surface area (Å²) in [6.45, 7) is 7.46. The monoisotopic (exact) mass is 261 g/mol. The summed E-state index contributed by atoms with van der Waals surface area (Å²) in [4.78, 5) is 18.8. The molecule has 0 aliphatic carbocycles. The van der Waals surface area contributed by atoms with Crippen molar-refractivity contribution in [3.63, 3.8) is 0 Å². The van der Waals surface area contributed by atoms with Crippen LogP contribution in [0.1, 0.15) is 41.5 Å². The highest BCUT2D eigenvalue weighted by molar-refractivity contribution is 5.95. The quantitative estimate of drug-likeness (QED) is 0.884. The zero-order valence-electron chi connectivity index (χ0n) is 12.0. The maximum absolute atomic E-state index is 12.5. The van der Waals surface area contributed by atoms with Crippen LogP contribution in [0.2, 0.25) is 0 Å². The Kier molecular flexibility index (Phi) is 4.20. The van der Waals surface area contributed by atoms with Crippen molar-refractivity contribution in [3.05, 3.63) is 29.1 Å². The average molecular weight is 261 g/mol. The van der Waals surface area contributed by atoms with Crippen LogP contribution in [-0.2, 0) is 0 Å². The second kappa shape index (κ2) is 5.70. The predicted molar refractivity (Wildman–Crippen MR) is 76.0 cm³/mol. The molecule has 19 heavy (non-hydrogen) atoms. The molecule has 1 aliphatic heterocycles. The van der Waals surface area contributed by atoms with Gasteiger partial charge in [-0.3, -0.25) is 9.78 Å². The molecular weight excluding hydrogens is 238 g/mol. The Hall–Kier alpha value is -1.42. The smallest absolute Gasteiger partial charge is 0.255 e. The third kappa shape index (κ3) is 3.13. The van der Waals surface area contributed by atoms with Crippen molar-refractivity contribution in [1.82, 2.24) is 9.88 Å². The van der Waals surface area contributed by atoms with Crippen LogP contribution in [0.4, 0.5) is 0 Å². The first-order valence-electron chi connectivity index (χ1n) is 6.98. The van der Waals surface area contributed by atoms with Gasteiger partial charge in [-0.2, -0.15) is 0 Å². The van der Waals surface area contributed by atoms with Crippen LogP contribution in [0.5, 0.6) is 0 Å². The zero-order chi connectivity index (χ0) is 14.0. The van der Waals surface area contributed by atoms with Gasteiger partial charge in [0.15, 0.2) is 0 Å². The molecule has 0 bridgehead atoms. The molecule has 2 N–H and O–H groups in total. The van der Waals surface area contributed by atoms with E-state index in [0.717, 1.165) is 42.9 Å². The van der Waals surface area contributed by atoms with E-state index in [9.17, 15) is 4.79 Å². The lowest BCUT2D eigenvalue weighted by atomic mass is 9.92. The number of amides is 1. The molecule has 1 saturated heterocycles. The highest BCUT2D eigenvalue weighted by Gasteiger charge is 2.27. The number of nitrogens with two attached hydrogens (primary N) is 1. The lowest BCUT2D eigenvalue weighted by Crippen LogP contribution is -2.45. The number of aryl methyl sites for hydroxylation is 2. The Labute approximate surface area is 115 Å². The van der Waals surface area contributed by atoms with E-state index in [1.165, 1.54) is 0 Å². The molecule has 2 atom stereocenters. The first-order chi connectivity index (χ1) is 8.99. The van der Waals surface area contributed by atoms with E-state index < -0.39 is 0 Å². The van der Waals surface area contributed by atoms with Gasteiger partial charge in [0.05, 0.1) is 11.3 Å². The molecule has 0 aromatic carbocycles. The second-order valence-electron chi connectivity index (χ2n) is 5.60. The van der Waals surface area contributed by atoms with Crippen LogP contribution in [0.25, 0.3) is 0 Å². The Morgan fingerprint density at radius 1 is 1.47 bits per heavy atom. The van der Waals surface area contributed by atoms with Gasteiger partial charge in [-0.1, -0.05) is 0 Å². The van der Waals surface area contributed by atoms with Crippen molar-refractivity contribution >= 4 is 5.91 Å². The normalized spacial score (nSPS) is 21.3. The molecule has 0 spiro atoms. The first-order valence-corrected chi connectivity index (χ1v) is 6.98. The van der Waals surface area contributed by atoms with Gasteiger partial charge in [0, 0.05) is 24.8 Å². The van der Waals surface area contributed by atoms with Crippen LogP contribution in [-0.4, -0.2) is 34.9 Å². The van der Waals surface area contributed by atoms with Gasteiger partial charge >= 0.3 is 0 Å². The number of hydrogen-bond donors (Lipinski definition) is 1. The number of carbonyl (C=O) groups excluding carboxylic acids is 1. The summed E-state index contributed by atoms with van der Waals surface area (Å²) in [5, 5.41) is 0. The minimum absolute atomic E-state index is 0.0929. The minimum atomic E-state index is 0.0929. The molecule has 1 aliphatic rings. The molecule has 2 rings (SSSR count). The molecule has 1 amide bonds. The van der Waals surface area contributed by atoms with Crippen molar-refractivity contribution < 1.29 is 4.79 Å². The number of hydrogen-bond acceptors (Lipinski definition) is 3. The lowest BCUT2D eigenvalue weighted by molar-refractivity contribution is 0.0659. The van der Waals surface area contributed by atoms with Crippen molar-refractivity contribution in [2.24, 2.45) is 11.7 Å². The van der Waals surface area contributed by atoms with E-state index >= 15 is 0 Å². The largest absolute Gasteiger partial charge is 0.338 e. The minimum Gasteiger partial charge on any atom is -0.338 e. The topological polar surface area (TPSA) is 59.2 Å². The summed E-state index contributed by atoms with van der Waals surface area (Å²) in [6.07, 6.45) is 2.16. The summed E-state index contributed by atoms with van der Waals surface area (Å²) < 4.78 is 0. The number of nitrogens with zero attached hydrogens (tertiary/aromatic N) is 2. The molecule has 4 nitrogen and oxygen atoms in total.